The van der Waals surface area contributed by atoms with Crippen LogP contribution in [0.1, 0.15) is 78.1 Å². The van der Waals surface area contributed by atoms with Gasteiger partial charge < -0.3 is 5.11 Å². The van der Waals surface area contributed by atoms with Crippen LogP contribution in [-0.2, 0) is 0 Å². The zero-order chi connectivity index (χ0) is 15.3. The van der Waals surface area contributed by atoms with Crippen LogP contribution >= 0.6 is 0 Å². The Labute approximate surface area is 131 Å². The van der Waals surface area contributed by atoms with Crippen molar-refractivity contribution in [1.82, 2.24) is 4.90 Å². The van der Waals surface area contributed by atoms with E-state index in [-0.39, 0.29) is 12.4 Å². The second kappa shape index (κ2) is 11.9. The number of aliphatic hydroxyl groups excluding tert-OH is 1. The summed E-state index contributed by atoms with van der Waals surface area (Å²) in [5.74, 6) is 0. The zero-order valence-corrected chi connectivity index (χ0v) is 14.0. The van der Waals surface area contributed by atoms with Crippen molar-refractivity contribution in [3.8, 4) is 0 Å². The number of nitrogens with zero attached hydrogens (tertiary/aromatic N) is 2. The predicted octanol–water partition coefficient (Wildman–Crippen LogP) is 4.51. The Morgan fingerprint density at radius 1 is 1.14 bits per heavy atom. The summed E-state index contributed by atoms with van der Waals surface area (Å²) in [6.45, 7) is 4.73. The van der Waals surface area contributed by atoms with Crippen molar-refractivity contribution in [2.45, 2.75) is 90.4 Å². The Balaban J connectivity index is 1.87. The van der Waals surface area contributed by atoms with Gasteiger partial charge in [0.25, 0.3) is 0 Å². The van der Waals surface area contributed by atoms with Crippen LogP contribution in [0.5, 0.6) is 0 Å². The highest BCUT2D eigenvalue weighted by molar-refractivity contribution is 5.62. The van der Waals surface area contributed by atoms with Crippen molar-refractivity contribution in [2.75, 3.05) is 6.54 Å². The fourth-order valence-electron chi connectivity index (χ4n) is 2.93. The van der Waals surface area contributed by atoms with E-state index in [2.05, 4.69) is 29.0 Å². The number of unbranched alkanes of at least 4 members (excludes halogenated alkanes) is 8. The molecule has 0 aromatic rings. The molecule has 1 N–H and O–H groups in total. The molecule has 122 valence electrons. The molecule has 0 saturated carbocycles. The third-order valence-electron chi connectivity index (χ3n) is 4.25. The highest BCUT2D eigenvalue weighted by Crippen LogP contribution is 2.17. The van der Waals surface area contributed by atoms with Crippen molar-refractivity contribution in [3.05, 3.63) is 12.2 Å². The summed E-state index contributed by atoms with van der Waals surface area (Å²) >= 11 is 0. The van der Waals surface area contributed by atoms with E-state index in [9.17, 15) is 5.11 Å². The summed E-state index contributed by atoms with van der Waals surface area (Å²) < 4.78 is 0. The minimum Gasteiger partial charge on any atom is -0.379 e. The number of aliphatic imine (C=N–C) groups is 1. The molecule has 3 heteroatoms. The maximum Gasteiger partial charge on any atom is 0.106 e. The molecule has 0 radical (unpaired) electrons. The van der Waals surface area contributed by atoms with Gasteiger partial charge in [-0.15, -0.1) is 0 Å². The van der Waals surface area contributed by atoms with E-state index in [0.29, 0.717) is 0 Å². The molecule has 2 unspecified atom stereocenters. The Morgan fingerprint density at radius 3 is 2.38 bits per heavy atom. The SMILES string of the molecule is C/C=C/CCCCCCCCCCC1N=CCN1C(C)O. The van der Waals surface area contributed by atoms with Crippen LogP contribution in [0, 0.1) is 0 Å². The summed E-state index contributed by atoms with van der Waals surface area (Å²) in [5, 5.41) is 9.64. The summed E-state index contributed by atoms with van der Waals surface area (Å²) in [6, 6.07) is 0. The molecule has 0 bridgehead atoms. The molecular formula is C18H34N2O. The molecule has 0 fully saturated rings. The average molecular weight is 294 g/mol. The lowest BCUT2D eigenvalue weighted by Crippen LogP contribution is -2.37. The first kappa shape index (κ1) is 18.4. The molecule has 0 aliphatic carbocycles. The number of hydrogen-bond donors (Lipinski definition) is 1. The summed E-state index contributed by atoms with van der Waals surface area (Å²) in [6.07, 6.45) is 19.3. The minimum absolute atomic E-state index is 0.219. The smallest absolute Gasteiger partial charge is 0.106 e. The number of allylic oxidation sites excluding steroid dienone is 2. The maximum absolute atomic E-state index is 9.64. The molecule has 1 rings (SSSR count). The van der Waals surface area contributed by atoms with E-state index in [0.717, 1.165) is 13.0 Å². The van der Waals surface area contributed by atoms with Crippen LogP contribution < -0.4 is 0 Å². The molecule has 0 saturated heterocycles. The fourth-order valence-corrected chi connectivity index (χ4v) is 2.93. The quantitative estimate of drug-likeness (QED) is 0.424. The van der Waals surface area contributed by atoms with E-state index in [1.807, 2.05) is 13.1 Å². The van der Waals surface area contributed by atoms with E-state index in [1.165, 1.54) is 57.8 Å². The van der Waals surface area contributed by atoms with E-state index in [1.54, 1.807) is 0 Å². The monoisotopic (exact) mass is 294 g/mol. The summed E-state index contributed by atoms with van der Waals surface area (Å²) in [5.41, 5.74) is 0. The fraction of sp³-hybridized carbons (Fsp3) is 0.833. The van der Waals surface area contributed by atoms with Gasteiger partial charge in [-0.1, -0.05) is 50.7 Å². The lowest BCUT2D eigenvalue weighted by atomic mass is 10.1. The van der Waals surface area contributed by atoms with Gasteiger partial charge in [0.05, 0.1) is 0 Å². The Hall–Kier alpha value is -0.670. The van der Waals surface area contributed by atoms with Gasteiger partial charge in [-0.3, -0.25) is 9.89 Å². The molecule has 0 aromatic carbocycles. The van der Waals surface area contributed by atoms with Crippen LogP contribution in [-0.4, -0.2) is 35.2 Å². The highest BCUT2D eigenvalue weighted by Gasteiger charge is 2.23. The van der Waals surface area contributed by atoms with Crippen molar-refractivity contribution < 1.29 is 5.11 Å². The number of aliphatic hydroxyl groups is 1. The van der Waals surface area contributed by atoms with Gasteiger partial charge in [-0.05, 0) is 39.5 Å². The van der Waals surface area contributed by atoms with E-state index >= 15 is 0 Å². The van der Waals surface area contributed by atoms with Gasteiger partial charge in [0, 0.05) is 12.8 Å². The third kappa shape index (κ3) is 8.37. The molecule has 1 aliphatic rings. The molecular weight excluding hydrogens is 260 g/mol. The second-order valence-corrected chi connectivity index (χ2v) is 6.12. The third-order valence-corrected chi connectivity index (χ3v) is 4.25. The first-order chi connectivity index (χ1) is 10.3. The van der Waals surface area contributed by atoms with Crippen molar-refractivity contribution in [3.63, 3.8) is 0 Å². The average Bonchev–Trinajstić information content (AvgIpc) is 2.93. The van der Waals surface area contributed by atoms with Crippen molar-refractivity contribution >= 4 is 6.21 Å². The van der Waals surface area contributed by atoms with E-state index < -0.39 is 0 Å². The molecule has 21 heavy (non-hydrogen) atoms. The van der Waals surface area contributed by atoms with Gasteiger partial charge in [0.1, 0.15) is 12.4 Å². The number of hydrogen-bond acceptors (Lipinski definition) is 3. The van der Waals surface area contributed by atoms with Gasteiger partial charge >= 0.3 is 0 Å². The second-order valence-electron chi connectivity index (χ2n) is 6.12. The molecule has 2 atom stereocenters. The lowest BCUT2D eigenvalue weighted by Gasteiger charge is -2.25. The Morgan fingerprint density at radius 2 is 1.76 bits per heavy atom. The van der Waals surface area contributed by atoms with Crippen molar-refractivity contribution in [2.24, 2.45) is 4.99 Å². The minimum atomic E-state index is -0.375. The van der Waals surface area contributed by atoms with Crippen LogP contribution in [0.2, 0.25) is 0 Å². The molecule has 0 amide bonds. The van der Waals surface area contributed by atoms with Crippen LogP contribution in [0.4, 0.5) is 0 Å². The first-order valence-corrected chi connectivity index (χ1v) is 8.82. The van der Waals surface area contributed by atoms with Gasteiger partial charge in [-0.25, -0.2) is 0 Å². The van der Waals surface area contributed by atoms with Gasteiger partial charge in [-0.2, -0.15) is 0 Å². The predicted molar refractivity (Wildman–Crippen MR) is 91.7 cm³/mol. The molecule has 1 aliphatic heterocycles. The number of rotatable bonds is 12. The zero-order valence-electron chi connectivity index (χ0n) is 14.0. The molecule has 1 heterocycles. The Bertz CT molecular complexity index is 300. The largest absolute Gasteiger partial charge is 0.379 e. The maximum atomic E-state index is 9.64. The summed E-state index contributed by atoms with van der Waals surface area (Å²) in [7, 11) is 0. The topological polar surface area (TPSA) is 35.8 Å². The van der Waals surface area contributed by atoms with E-state index in [4.69, 9.17) is 0 Å². The summed E-state index contributed by atoms with van der Waals surface area (Å²) in [4.78, 5) is 6.52. The van der Waals surface area contributed by atoms with Gasteiger partial charge in [0.15, 0.2) is 0 Å². The normalized spacial score (nSPS) is 20.6. The lowest BCUT2D eigenvalue weighted by molar-refractivity contribution is 0.00710. The Kier molecular flexibility index (Phi) is 10.4. The molecule has 0 spiro atoms. The van der Waals surface area contributed by atoms with Gasteiger partial charge in [0.2, 0.25) is 0 Å². The van der Waals surface area contributed by atoms with Crippen LogP contribution in [0.3, 0.4) is 0 Å². The van der Waals surface area contributed by atoms with Crippen molar-refractivity contribution in [1.29, 1.82) is 0 Å². The highest BCUT2D eigenvalue weighted by atomic mass is 16.3. The standard InChI is InChI=1S/C18H34N2O/c1-3-4-5-6-7-8-9-10-11-12-13-14-18-19-15-16-20(18)17(2)21/h3-4,15,17-18,21H,5-14,16H2,1-2H3/b4-3+. The first-order valence-electron chi connectivity index (χ1n) is 8.82. The molecule has 0 aromatic heterocycles. The van der Waals surface area contributed by atoms with Crippen LogP contribution in [0.15, 0.2) is 17.1 Å². The molecule has 3 nitrogen and oxygen atoms in total. The van der Waals surface area contributed by atoms with Crippen LogP contribution in [0.25, 0.3) is 0 Å².